The topological polar surface area (TPSA) is 67.0 Å². The van der Waals surface area contributed by atoms with Crippen LogP contribution in [0.4, 0.5) is 5.69 Å². The summed E-state index contributed by atoms with van der Waals surface area (Å²) < 4.78 is 5.59. The highest BCUT2D eigenvalue weighted by molar-refractivity contribution is 5.93. The molecule has 1 amide bonds. The molecule has 3 rings (SSSR count). The van der Waals surface area contributed by atoms with E-state index in [1.165, 1.54) is 0 Å². The summed E-state index contributed by atoms with van der Waals surface area (Å²) >= 11 is 0. The van der Waals surface area contributed by atoms with Crippen LogP contribution in [0.2, 0.25) is 0 Å². The first-order chi connectivity index (χ1) is 10.2. The fourth-order valence-electron chi connectivity index (χ4n) is 2.25. The summed E-state index contributed by atoms with van der Waals surface area (Å²) in [6.07, 6.45) is 5.75. The number of aryl methyl sites for hydroxylation is 1. The molecule has 0 saturated carbocycles. The van der Waals surface area contributed by atoms with Crippen molar-refractivity contribution in [3.63, 3.8) is 0 Å². The highest BCUT2D eigenvalue weighted by Gasteiger charge is 2.18. The van der Waals surface area contributed by atoms with Gasteiger partial charge in [0.15, 0.2) is 0 Å². The van der Waals surface area contributed by atoms with Crippen molar-refractivity contribution < 1.29 is 9.53 Å². The van der Waals surface area contributed by atoms with Gasteiger partial charge in [-0.15, -0.1) is 5.10 Å². The first-order valence-electron chi connectivity index (χ1n) is 6.96. The Balaban J connectivity index is 1.59. The average molecular weight is 283 g/mol. The number of benzene rings is 1. The monoisotopic (exact) mass is 283 g/mol. The third-order valence-electron chi connectivity index (χ3n) is 3.41. The van der Waals surface area contributed by atoms with E-state index >= 15 is 0 Å². The number of aromatic amines is 1. The van der Waals surface area contributed by atoms with Gasteiger partial charge in [-0.2, -0.15) is 0 Å². The van der Waals surface area contributed by atoms with E-state index in [1.807, 2.05) is 49.4 Å². The van der Waals surface area contributed by atoms with Gasteiger partial charge in [-0.25, -0.2) is 0 Å². The molecule has 5 nitrogen and oxygen atoms in total. The van der Waals surface area contributed by atoms with Crippen molar-refractivity contribution >= 4 is 11.6 Å². The number of aromatic nitrogens is 2. The second-order valence-corrected chi connectivity index (χ2v) is 5.14. The van der Waals surface area contributed by atoms with Gasteiger partial charge >= 0.3 is 0 Å². The highest BCUT2D eigenvalue weighted by atomic mass is 16.5. The number of H-pyrrole nitrogens is 1. The SMILES string of the molecule is Cc1cc(Oc2ccc(NC(=O)C3CC=CC3)cc2)n[nH]1. The van der Waals surface area contributed by atoms with E-state index in [4.69, 9.17) is 4.74 Å². The standard InChI is InChI=1S/C16H17N3O2/c1-11-10-15(19-18-11)21-14-8-6-13(7-9-14)17-16(20)12-4-2-3-5-12/h2-3,6-10,12H,4-5H2,1H3,(H,17,20)(H,18,19). The predicted octanol–water partition coefficient (Wildman–Crippen LogP) is 3.42. The lowest BCUT2D eigenvalue weighted by molar-refractivity contribution is -0.119. The Morgan fingerprint density at radius 3 is 2.62 bits per heavy atom. The van der Waals surface area contributed by atoms with Crippen LogP contribution < -0.4 is 10.1 Å². The van der Waals surface area contributed by atoms with E-state index in [1.54, 1.807) is 0 Å². The lowest BCUT2D eigenvalue weighted by Crippen LogP contribution is -2.20. The van der Waals surface area contributed by atoms with Crippen LogP contribution in [0.15, 0.2) is 42.5 Å². The molecule has 2 aromatic rings. The van der Waals surface area contributed by atoms with Crippen molar-refractivity contribution in [1.29, 1.82) is 0 Å². The largest absolute Gasteiger partial charge is 0.438 e. The van der Waals surface area contributed by atoms with Gasteiger partial charge in [-0.3, -0.25) is 9.89 Å². The van der Waals surface area contributed by atoms with Crippen molar-refractivity contribution in [3.05, 3.63) is 48.2 Å². The second-order valence-electron chi connectivity index (χ2n) is 5.14. The van der Waals surface area contributed by atoms with Crippen LogP contribution in [-0.4, -0.2) is 16.1 Å². The number of nitrogens with one attached hydrogen (secondary N) is 2. The Hall–Kier alpha value is -2.56. The van der Waals surface area contributed by atoms with Crippen LogP contribution in [-0.2, 0) is 4.79 Å². The summed E-state index contributed by atoms with van der Waals surface area (Å²) in [5.74, 6) is 1.34. The number of carbonyl (C=O) groups is 1. The number of ether oxygens (including phenoxy) is 1. The van der Waals surface area contributed by atoms with Gasteiger partial charge in [0, 0.05) is 23.4 Å². The molecule has 21 heavy (non-hydrogen) atoms. The van der Waals surface area contributed by atoms with Crippen molar-refractivity contribution in [3.8, 4) is 11.6 Å². The molecular weight excluding hydrogens is 266 g/mol. The van der Waals surface area contributed by atoms with E-state index in [0.717, 1.165) is 24.2 Å². The summed E-state index contributed by atoms with van der Waals surface area (Å²) in [5.41, 5.74) is 1.72. The molecule has 0 atom stereocenters. The molecule has 0 fully saturated rings. The Labute approximate surface area is 123 Å². The lowest BCUT2D eigenvalue weighted by atomic mass is 10.1. The Morgan fingerprint density at radius 1 is 1.29 bits per heavy atom. The quantitative estimate of drug-likeness (QED) is 0.845. The molecule has 1 aromatic heterocycles. The van der Waals surface area contributed by atoms with Crippen LogP contribution in [0.1, 0.15) is 18.5 Å². The normalized spacial score (nSPS) is 14.3. The Kier molecular flexibility index (Phi) is 3.73. The molecular formula is C16H17N3O2. The average Bonchev–Trinajstić information content (AvgIpc) is 3.13. The first-order valence-corrected chi connectivity index (χ1v) is 6.96. The number of rotatable bonds is 4. The van der Waals surface area contributed by atoms with Gasteiger partial charge in [0.25, 0.3) is 0 Å². The minimum Gasteiger partial charge on any atom is -0.438 e. The molecule has 0 aliphatic heterocycles. The van der Waals surface area contributed by atoms with Gasteiger partial charge < -0.3 is 10.1 Å². The van der Waals surface area contributed by atoms with Crippen LogP contribution in [0.25, 0.3) is 0 Å². The third kappa shape index (κ3) is 3.31. The minimum atomic E-state index is 0.0629. The molecule has 0 saturated heterocycles. The predicted molar refractivity (Wildman–Crippen MR) is 80.3 cm³/mol. The zero-order valence-corrected chi connectivity index (χ0v) is 11.8. The summed E-state index contributed by atoms with van der Waals surface area (Å²) in [7, 11) is 0. The maximum absolute atomic E-state index is 12.0. The zero-order chi connectivity index (χ0) is 14.7. The van der Waals surface area contributed by atoms with E-state index in [2.05, 4.69) is 15.5 Å². The molecule has 1 heterocycles. The number of amides is 1. The van der Waals surface area contributed by atoms with Crippen LogP contribution in [0.5, 0.6) is 11.6 Å². The van der Waals surface area contributed by atoms with Gasteiger partial charge in [0.1, 0.15) is 5.75 Å². The van der Waals surface area contributed by atoms with Gasteiger partial charge in [0.2, 0.25) is 11.8 Å². The summed E-state index contributed by atoms with van der Waals surface area (Å²) in [5, 5.41) is 9.75. The third-order valence-corrected chi connectivity index (χ3v) is 3.41. The van der Waals surface area contributed by atoms with Gasteiger partial charge in [-0.1, -0.05) is 12.2 Å². The van der Waals surface area contributed by atoms with E-state index in [-0.39, 0.29) is 11.8 Å². The minimum absolute atomic E-state index is 0.0629. The number of carbonyl (C=O) groups excluding carboxylic acids is 1. The molecule has 1 aromatic carbocycles. The number of allylic oxidation sites excluding steroid dienone is 2. The number of hydrogen-bond donors (Lipinski definition) is 2. The fraction of sp³-hybridized carbons (Fsp3) is 0.250. The second kappa shape index (κ2) is 5.83. The number of anilines is 1. The van der Waals surface area contributed by atoms with E-state index in [0.29, 0.717) is 11.6 Å². The number of hydrogen-bond acceptors (Lipinski definition) is 3. The summed E-state index contributed by atoms with van der Waals surface area (Å²) in [6.45, 7) is 1.91. The van der Waals surface area contributed by atoms with Crippen molar-refractivity contribution in [2.75, 3.05) is 5.32 Å². The molecule has 0 unspecified atom stereocenters. The molecule has 0 radical (unpaired) electrons. The van der Waals surface area contributed by atoms with Crippen LogP contribution in [0.3, 0.4) is 0 Å². The van der Waals surface area contributed by atoms with Crippen molar-refractivity contribution in [1.82, 2.24) is 10.2 Å². The maximum Gasteiger partial charge on any atom is 0.238 e. The number of nitrogens with zero attached hydrogens (tertiary/aromatic N) is 1. The molecule has 0 spiro atoms. The van der Waals surface area contributed by atoms with E-state index < -0.39 is 0 Å². The molecule has 5 heteroatoms. The summed E-state index contributed by atoms with van der Waals surface area (Å²) in [4.78, 5) is 12.0. The van der Waals surface area contributed by atoms with Crippen LogP contribution >= 0.6 is 0 Å². The van der Waals surface area contributed by atoms with Gasteiger partial charge in [0.05, 0.1) is 0 Å². The Morgan fingerprint density at radius 2 is 2.00 bits per heavy atom. The van der Waals surface area contributed by atoms with Crippen LogP contribution in [0, 0.1) is 12.8 Å². The molecule has 1 aliphatic carbocycles. The Bertz CT molecular complexity index is 650. The summed E-state index contributed by atoms with van der Waals surface area (Å²) in [6, 6.07) is 9.10. The highest BCUT2D eigenvalue weighted by Crippen LogP contribution is 2.23. The fourth-order valence-corrected chi connectivity index (χ4v) is 2.25. The maximum atomic E-state index is 12.0. The molecule has 2 N–H and O–H groups in total. The molecule has 0 bridgehead atoms. The lowest BCUT2D eigenvalue weighted by Gasteiger charge is -2.10. The molecule has 1 aliphatic rings. The van der Waals surface area contributed by atoms with Crippen molar-refractivity contribution in [2.24, 2.45) is 5.92 Å². The van der Waals surface area contributed by atoms with E-state index in [9.17, 15) is 4.79 Å². The zero-order valence-electron chi connectivity index (χ0n) is 11.8. The smallest absolute Gasteiger partial charge is 0.238 e. The molecule has 108 valence electrons. The van der Waals surface area contributed by atoms with Gasteiger partial charge in [-0.05, 0) is 44.0 Å². The first kappa shape index (κ1) is 13.4. The van der Waals surface area contributed by atoms with Crippen molar-refractivity contribution in [2.45, 2.75) is 19.8 Å².